The molecule has 0 saturated heterocycles. The molecule has 8 nitrogen and oxygen atoms in total. The standard InChI is InChI=1S/C16H22N4O4/c17-16(18)19-6-1-7-24-12-3-4-13-11(9-12)8-10(15(23)20-13)2-5-14(21)22/h3-4,9-10H,1-2,5-8H2,(H,20,23)(H,21,22)(H4,17,18,19). The smallest absolute Gasteiger partial charge is 0.303 e. The lowest BCUT2D eigenvalue weighted by Crippen LogP contribution is -2.30. The number of benzene rings is 1. The SMILES string of the molecule is NC(N)=NCCCOc1ccc2c(c1)CC(CCC(=O)O)C(=O)N2. The fourth-order valence-corrected chi connectivity index (χ4v) is 2.54. The number of ether oxygens (including phenoxy) is 1. The number of aliphatic imine (C=N–C) groups is 1. The number of carboxylic acid groups (broad SMARTS) is 1. The van der Waals surface area contributed by atoms with E-state index in [9.17, 15) is 9.59 Å². The molecule has 0 bridgehead atoms. The molecule has 8 heteroatoms. The maximum Gasteiger partial charge on any atom is 0.303 e. The van der Waals surface area contributed by atoms with Crippen molar-refractivity contribution in [1.82, 2.24) is 0 Å². The zero-order valence-electron chi connectivity index (χ0n) is 13.3. The molecule has 0 fully saturated rings. The average molecular weight is 334 g/mol. The lowest BCUT2D eigenvalue weighted by molar-refractivity contribution is -0.137. The van der Waals surface area contributed by atoms with Gasteiger partial charge in [0, 0.05) is 31.0 Å². The Balaban J connectivity index is 1.92. The van der Waals surface area contributed by atoms with Crippen molar-refractivity contribution >= 4 is 23.5 Å². The minimum atomic E-state index is -0.897. The molecule has 1 aromatic rings. The number of hydrogen-bond donors (Lipinski definition) is 4. The lowest BCUT2D eigenvalue weighted by Gasteiger charge is -2.24. The van der Waals surface area contributed by atoms with Crippen LogP contribution < -0.4 is 21.5 Å². The molecule has 0 aliphatic carbocycles. The van der Waals surface area contributed by atoms with Crippen LogP contribution in [-0.4, -0.2) is 36.1 Å². The lowest BCUT2D eigenvalue weighted by atomic mass is 9.89. The number of anilines is 1. The van der Waals surface area contributed by atoms with Gasteiger partial charge in [0.2, 0.25) is 5.91 Å². The first-order chi connectivity index (χ1) is 11.5. The molecule has 1 amide bonds. The summed E-state index contributed by atoms with van der Waals surface area (Å²) in [6, 6.07) is 5.46. The number of rotatable bonds is 8. The van der Waals surface area contributed by atoms with Crippen LogP contribution in [0.15, 0.2) is 23.2 Å². The van der Waals surface area contributed by atoms with Gasteiger partial charge in [0.15, 0.2) is 5.96 Å². The summed E-state index contributed by atoms with van der Waals surface area (Å²) >= 11 is 0. The van der Waals surface area contributed by atoms with Gasteiger partial charge < -0.3 is 26.6 Å². The predicted molar refractivity (Wildman–Crippen MR) is 89.9 cm³/mol. The van der Waals surface area contributed by atoms with E-state index in [0.717, 1.165) is 11.3 Å². The highest BCUT2D eigenvalue weighted by Crippen LogP contribution is 2.30. The van der Waals surface area contributed by atoms with Crippen molar-refractivity contribution in [3.63, 3.8) is 0 Å². The minimum absolute atomic E-state index is 0.0194. The number of carbonyl (C=O) groups is 2. The van der Waals surface area contributed by atoms with Gasteiger partial charge in [-0.1, -0.05) is 0 Å². The van der Waals surface area contributed by atoms with Crippen molar-refractivity contribution in [2.75, 3.05) is 18.5 Å². The van der Waals surface area contributed by atoms with E-state index in [-0.39, 0.29) is 24.2 Å². The molecule has 1 heterocycles. The van der Waals surface area contributed by atoms with Crippen LogP contribution in [0.1, 0.15) is 24.8 Å². The van der Waals surface area contributed by atoms with Crippen molar-refractivity contribution in [3.8, 4) is 5.75 Å². The van der Waals surface area contributed by atoms with Crippen LogP contribution >= 0.6 is 0 Å². The maximum absolute atomic E-state index is 12.0. The Morgan fingerprint density at radius 3 is 2.92 bits per heavy atom. The van der Waals surface area contributed by atoms with Crippen LogP contribution in [0.4, 0.5) is 5.69 Å². The van der Waals surface area contributed by atoms with E-state index < -0.39 is 5.97 Å². The fraction of sp³-hybridized carbons (Fsp3) is 0.438. The fourth-order valence-electron chi connectivity index (χ4n) is 2.54. The van der Waals surface area contributed by atoms with E-state index >= 15 is 0 Å². The summed E-state index contributed by atoms with van der Waals surface area (Å²) in [6.07, 6.45) is 1.51. The normalized spacial score (nSPS) is 16.0. The highest BCUT2D eigenvalue weighted by molar-refractivity contribution is 5.96. The molecule has 0 saturated carbocycles. The van der Waals surface area contributed by atoms with Crippen LogP contribution in [0.25, 0.3) is 0 Å². The van der Waals surface area contributed by atoms with Gasteiger partial charge in [-0.3, -0.25) is 14.6 Å². The Morgan fingerprint density at radius 1 is 1.42 bits per heavy atom. The first-order valence-corrected chi connectivity index (χ1v) is 7.79. The van der Waals surface area contributed by atoms with Gasteiger partial charge in [-0.05, 0) is 36.6 Å². The molecular weight excluding hydrogens is 312 g/mol. The zero-order chi connectivity index (χ0) is 17.5. The van der Waals surface area contributed by atoms with Crippen molar-refractivity contribution in [3.05, 3.63) is 23.8 Å². The molecule has 130 valence electrons. The number of hydrogen-bond acceptors (Lipinski definition) is 4. The summed E-state index contributed by atoms with van der Waals surface area (Å²) in [5, 5.41) is 11.6. The monoisotopic (exact) mass is 334 g/mol. The van der Waals surface area contributed by atoms with Crippen LogP contribution in [0.5, 0.6) is 5.75 Å². The van der Waals surface area contributed by atoms with Gasteiger partial charge in [0.1, 0.15) is 5.75 Å². The molecule has 1 atom stereocenters. The molecule has 0 radical (unpaired) electrons. The Kier molecular flexibility index (Phi) is 6.00. The summed E-state index contributed by atoms with van der Waals surface area (Å²) < 4.78 is 5.66. The van der Waals surface area contributed by atoms with Crippen LogP contribution in [-0.2, 0) is 16.0 Å². The second-order valence-corrected chi connectivity index (χ2v) is 5.65. The highest BCUT2D eigenvalue weighted by atomic mass is 16.5. The Labute approximate surface area is 139 Å². The van der Waals surface area contributed by atoms with Crippen molar-refractivity contribution < 1.29 is 19.4 Å². The maximum atomic E-state index is 12.0. The second-order valence-electron chi connectivity index (χ2n) is 5.65. The Bertz CT molecular complexity index is 641. The van der Waals surface area contributed by atoms with Crippen molar-refractivity contribution in [2.24, 2.45) is 22.4 Å². The molecule has 1 aliphatic rings. The number of nitrogens with two attached hydrogens (primary N) is 2. The number of guanidine groups is 1. The third kappa shape index (κ3) is 5.15. The molecule has 1 aliphatic heterocycles. The van der Waals surface area contributed by atoms with E-state index in [4.69, 9.17) is 21.3 Å². The highest BCUT2D eigenvalue weighted by Gasteiger charge is 2.26. The topological polar surface area (TPSA) is 140 Å². The van der Waals surface area contributed by atoms with Gasteiger partial charge in [0.25, 0.3) is 0 Å². The van der Waals surface area contributed by atoms with Gasteiger partial charge in [-0.2, -0.15) is 0 Å². The molecule has 0 aromatic heterocycles. The van der Waals surface area contributed by atoms with E-state index in [2.05, 4.69) is 10.3 Å². The molecule has 1 aromatic carbocycles. The number of nitrogens with one attached hydrogen (secondary N) is 1. The Hall–Kier alpha value is -2.77. The summed E-state index contributed by atoms with van der Waals surface area (Å²) in [5.41, 5.74) is 12.2. The van der Waals surface area contributed by atoms with Crippen LogP contribution in [0.3, 0.4) is 0 Å². The van der Waals surface area contributed by atoms with E-state index in [1.54, 1.807) is 12.1 Å². The van der Waals surface area contributed by atoms with Gasteiger partial charge >= 0.3 is 5.97 Å². The number of fused-ring (bicyclic) bond motifs is 1. The zero-order valence-corrected chi connectivity index (χ0v) is 13.3. The molecule has 1 unspecified atom stereocenters. The molecule has 6 N–H and O–H groups in total. The van der Waals surface area contributed by atoms with Gasteiger partial charge in [-0.25, -0.2) is 0 Å². The third-order valence-corrected chi connectivity index (χ3v) is 3.74. The quantitative estimate of drug-likeness (QED) is 0.313. The van der Waals surface area contributed by atoms with E-state index in [1.165, 1.54) is 0 Å². The van der Waals surface area contributed by atoms with Crippen molar-refractivity contribution in [2.45, 2.75) is 25.7 Å². The largest absolute Gasteiger partial charge is 0.494 e. The van der Waals surface area contributed by atoms with Gasteiger partial charge in [0.05, 0.1) is 6.61 Å². The third-order valence-electron chi connectivity index (χ3n) is 3.74. The summed E-state index contributed by atoms with van der Waals surface area (Å²) in [4.78, 5) is 26.5. The first-order valence-electron chi connectivity index (χ1n) is 7.79. The first kappa shape index (κ1) is 17.6. The van der Waals surface area contributed by atoms with Crippen LogP contribution in [0.2, 0.25) is 0 Å². The summed E-state index contributed by atoms with van der Waals surface area (Å²) in [5.74, 6) is -0.592. The van der Waals surface area contributed by atoms with Gasteiger partial charge in [-0.15, -0.1) is 0 Å². The summed E-state index contributed by atoms with van der Waals surface area (Å²) in [7, 11) is 0. The molecule has 24 heavy (non-hydrogen) atoms. The number of amides is 1. The summed E-state index contributed by atoms with van der Waals surface area (Å²) in [6.45, 7) is 0.977. The number of nitrogens with zero attached hydrogens (tertiary/aromatic N) is 1. The molecular formula is C16H22N4O4. The van der Waals surface area contributed by atoms with Crippen LogP contribution in [0, 0.1) is 5.92 Å². The van der Waals surface area contributed by atoms with Crippen molar-refractivity contribution in [1.29, 1.82) is 0 Å². The van der Waals surface area contributed by atoms with E-state index in [1.807, 2.05) is 6.07 Å². The minimum Gasteiger partial charge on any atom is -0.494 e. The predicted octanol–water partition coefficient (Wildman–Crippen LogP) is 0.704. The molecule has 0 spiro atoms. The number of carboxylic acids is 1. The second kappa shape index (κ2) is 8.19. The number of carbonyl (C=O) groups excluding carboxylic acids is 1. The van der Waals surface area contributed by atoms with E-state index in [0.29, 0.717) is 38.2 Å². The number of aliphatic carboxylic acids is 1. The molecule has 2 rings (SSSR count). The average Bonchev–Trinajstić information content (AvgIpc) is 2.52. The Morgan fingerprint density at radius 2 is 2.21 bits per heavy atom.